The van der Waals surface area contributed by atoms with Gasteiger partial charge in [-0.15, -0.1) is 0 Å². The third-order valence-corrected chi connectivity index (χ3v) is 6.89. The van der Waals surface area contributed by atoms with Crippen molar-refractivity contribution < 1.29 is 13.7 Å². The molecule has 1 unspecified atom stereocenters. The second kappa shape index (κ2) is 8.93. The van der Waals surface area contributed by atoms with Gasteiger partial charge in [0.25, 0.3) is 0 Å². The topological polar surface area (TPSA) is 56.7 Å². The molecule has 31 heavy (non-hydrogen) atoms. The van der Waals surface area contributed by atoms with Gasteiger partial charge < -0.3 is 14.9 Å². The van der Waals surface area contributed by atoms with Crippen LogP contribution in [0.25, 0.3) is 22.0 Å². The van der Waals surface area contributed by atoms with E-state index in [0.29, 0.717) is 21.9 Å². The first kappa shape index (κ1) is 21.7. The first-order valence-electron chi connectivity index (χ1n) is 10.5. The van der Waals surface area contributed by atoms with Crippen LogP contribution in [-0.4, -0.2) is 59.2 Å². The summed E-state index contributed by atoms with van der Waals surface area (Å²) in [6, 6.07) is 10.2. The standard InChI is InChI=1S/C24H28FN3O2S/c1-27(2)15-16-9-11-28(12-10-16)23-19-13-17(18-5-4-6-20(25)24(18)29)7-8-21(19)26-14-22(23)31(3)30/h4-8,13-14,16,29H,9-12,15H2,1-3H3. The Morgan fingerprint density at radius 3 is 2.65 bits per heavy atom. The minimum Gasteiger partial charge on any atom is -0.504 e. The predicted molar refractivity (Wildman–Crippen MR) is 125 cm³/mol. The number of para-hydroxylation sites is 1. The molecule has 1 aliphatic heterocycles. The number of anilines is 1. The summed E-state index contributed by atoms with van der Waals surface area (Å²) in [4.78, 5) is 9.77. The van der Waals surface area contributed by atoms with E-state index in [4.69, 9.17) is 0 Å². The first-order chi connectivity index (χ1) is 14.8. The highest BCUT2D eigenvalue weighted by molar-refractivity contribution is 7.84. The molecule has 0 saturated carbocycles. The van der Waals surface area contributed by atoms with E-state index in [1.54, 1.807) is 24.6 Å². The minimum atomic E-state index is -1.20. The zero-order chi connectivity index (χ0) is 22.1. The third-order valence-electron chi connectivity index (χ3n) is 5.97. The number of phenolic OH excluding ortho intramolecular Hbond substituents is 1. The van der Waals surface area contributed by atoms with Gasteiger partial charge in [0.1, 0.15) is 0 Å². The van der Waals surface area contributed by atoms with Gasteiger partial charge in [-0.05, 0) is 56.6 Å². The predicted octanol–water partition coefficient (Wildman–Crippen LogP) is 4.26. The van der Waals surface area contributed by atoms with Gasteiger partial charge in [0.05, 0.1) is 26.9 Å². The quantitative estimate of drug-likeness (QED) is 0.641. The lowest BCUT2D eigenvalue weighted by Gasteiger charge is -2.36. The molecule has 2 heterocycles. The van der Waals surface area contributed by atoms with Crippen LogP contribution in [0, 0.1) is 11.7 Å². The van der Waals surface area contributed by atoms with E-state index in [1.807, 2.05) is 18.2 Å². The van der Waals surface area contributed by atoms with Gasteiger partial charge in [0.2, 0.25) is 0 Å². The van der Waals surface area contributed by atoms with E-state index in [2.05, 4.69) is 28.9 Å². The van der Waals surface area contributed by atoms with Gasteiger partial charge in [0.15, 0.2) is 11.6 Å². The van der Waals surface area contributed by atoms with Crippen molar-refractivity contribution in [3.8, 4) is 16.9 Å². The Balaban J connectivity index is 1.80. The lowest BCUT2D eigenvalue weighted by atomic mass is 9.95. The van der Waals surface area contributed by atoms with Gasteiger partial charge in [0, 0.05) is 43.0 Å². The molecule has 7 heteroatoms. The molecule has 1 aromatic heterocycles. The van der Waals surface area contributed by atoms with Gasteiger partial charge in [-0.2, -0.15) is 0 Å². The van der Waals surface area contributed by atoms with Crippen LogP contribution in [0.15, 0.2) is 47.5 Å². The Bertz CT molecular complexity index is 1130. The van der Waals surface area contributed by atoms with Crippen molar-refractivity contribution in [2.75, 3.05) is 44.9 Å². The highest BCUT2D eigenvalue weighted by Crippen LogP contribution is 2.38. The van der Waals surface area contributed by atoms with Crippen molar-refractivity contribution in [1.29, 1.82) is 0 Å². The van der Waals surface area contributed by atoms with Crippen molar-refractivity contribution in [2.45, 2.75) is 17.7 Å². The lowest BCUT2D eigenvalue weighted by Crippen LogP contribution is -2.37. The number of hydrogen-bond donors (Lipinski definition) is 1. The van der Waals surface area contributed by atoms with Crippen LogP contribution in [-0.2, 0) is 10.8 Å². The fraction of sp³-hybridized carbons (Fsp3) is 0.375. The van der Waals surface area contributed by atoms with Crippen LogP contribution in [0.4, 0.5) is 10.1 Å². The fourth-order valence-electron chi connectivity index (χ4n) is 4.47. The van der Waals surface area contributed by atoms with E-state index in [0.717, 1.165) is 49.1 Å². The third kappa shape index (κ3) is 4.43. The van der Waals surface area contributed by atoms with Gasteiger partial charge in [-0.25, -0.2) is 4.39 Å². The maximum atomic E-state index is 13.9. The van der Waals surface area contributed by atoms with Crippen LogP contribution >= 0.6 is 0 Å². The van der Waals surface area contributed by atoms with Crippen molar-refractivity contribution in [3.63, 3.8) is 0 Å². The number of aromatic hydroxyl groups is 1. The Kier molecular flexibility index (Phi) is 6.25. The van der Waals surface area contributed by atoms with Crippen LogP contribution in [0.3, 0.4) is 0 Å². The maximum absolute atomic E-state index is 13.9. The molecule has 5 nitrogen and oxygen atoms in total. The zero-order valence-corrected chi connectivity index (χ0v) is 19.0. The van der Waals surface area contributed by atoms with Gasteiger partial charge >= 0.3 is 0 Å². The van der Waals surface area contributed by atoms with E-state index in [1.165, 1.54) is 6.07 Å². The number of hydrogen-bond acceptors (Lipinski definition) is 5. The number of aromatic nitrogens is 1. The molecule has 4 rings (SSSR count). The molecule has 0 spiro atoms. The van der Waals surface area contributed by atoms with E-state index in [9.17, 15) is 13.7 Å². The number of fused-ring (bicyclic) bond motifs is 1. The molecule has 1 aliphatic rings. The number of halogens is 1. The summed E-state index contributed by atoms with van der Waals surface area (Å²) in [5, 5.41) is 11.1. The summed E-state index contributed by atoms with van der Waals surface area (Å²) >= 11 is 0. The number of rotatable bonds is 5. The summed E-state index contributed by atoms with van der Waals surface area (Å²) in [7, 11) is 3.01. The number of phenols is 1. The number of nitrogens with zero attached hydrogens (tertiary/aromatic N) is 3. The Labute approximate surface area is 185 Å². The van der Waals surface area contributed by atoms with Crippen molar-refractivity contribution >= 4 is 27.4 Å². The molecule has 0 aliphatic carbocycles. The van der Waals surface area contributed by atoms with Crippen molar-refractivity contribution in [2.24, 2.45) is 5.92 Å². The SMILES string of the molecule is CN(C)CC1CCN(c2c(S(C)=O)cnc3ccc(-c4cccc(F)c4O)cc23)CC1. The molecule has 1 fully saturated rings. The Morgan fingerprint density at radius 1 is 1.23 bits per heavy atom. The second-order valence-electron chi connectivity index (χ2n) is 8.49. The van der Waals surface area contributed by atoms with E-state index in [-0.39, 0.29) is 5.75 Å². The zero-order valence-electron chi connectivity index (χ0n) is 18.1. The molecule has 0 bridgehead atoms. The Morgan fingerprint density at radius 2 is 1.97 bits per heavy atom. The average molecular weight is 442 g/mol. The lowest BCUT2D eigenvalue weighted by molar-refractivity contribution is 0.285. The molecule has 0 radical (unpaired) electrons. The summed E-state index contributed by atoms with van der Waals surface area (Å²) in [5.41, 5.74) is 2.86. The van der Waals surface area contributed by atoms with Gasteiger partial charge in [-0.3, -0.25) is 9.19 Å². The molecule has 0 amide bonds. The van der Waals surface area contributed by atoms with E-state index < -0.39 is 16.6 Å². The normalized spacial score (nSPS) is 16.2. The van der Waals surface area contributed by atoms with Crippen molar-refractivity contribution in [3.05, 3.63) is 48.4 Å². The second-order valence-corrected chi connectivity index (χ2v) is 9.83. The van der Waals surface area contributed by atoms with Crippen molar-refractivity contribution in [1.82, 2.24) is 9.88 Å². The molecule has 1 atom stereocenters. The summed E-state index contributed by atoms with van der Waals surface area (Å²) in [5.74, 6) is -0.367. The molecule has 1 N–H and O–H groups in total. The summed E-state index contributed by atoms with van der Waals surface area (Å²) in [6.45, 7) is 2.84. The number of pyridine rings is 1. The number of piperidine rings is 1. The van der Waals surface area contributed by atoms with Crippen LogP contribution < -0.4 is 4.90 Å². The molecular weight excluding hydrogens is 413 g/mol. The highest BCUT2D eigenvalue weighted by atomic mass is 32.2. The monoisotopic (exact) mass is 441 g/mol. The Hall–Kier alpha value is -2.51. The van der Waals surface area contributed by atoms with Gasteiger partial charge in [-0.1, -0.05) is 18.2 Å². The molecule has 164 valence electrons. The fourth-order valence-corrected chi connectivity index (χ4v) is 5.18. The largest absolute Gasteiger partial charge is 0.504 e. The highest BCUT2D eigenvalue weighted by Gasteiger charge is 2.25. The van der Waals surface area contributed by atoms with Crippen LogP contribution in [0.5, 0.6) is 5.75 Å². The molecule has 1 saturated heterocycles. The van der Waals surface area contributed by atoms with Crippen LogP contribution in [0.1, 0.15) is 12.8 Å². The summed E-state index contributed by atoms with van der Waals surface area (Å²) < 4.78 is 26.5. The molecule has 2 aromatic carbocycles. The number of benzene rings is 2. The average Bonchev–Trinajstić information content (AvgIpc) is 2.74. The minimum absolute atomic E-state index is 0.365. The summed E-state index contributed by atoms with van der Waals surface area (Å²) in [6.07, 6.45) is 5.52. The maximum Gasteiger partial charge on any atom is 0.165 e. The van der Waals surface area contributed by atoms with E-state index >= 15 is 0 Å². The molecule has 3 aromatic rings. The smallest absolute Gasteiger partial charge is 0.165 e. The first-order valence-corrected chi connectivity index (χ1v) is 12.0. The van der Waals surface area contributed by atoms with Crippen LogP contribution in [0.2, 0.25) is 0 Å². The molecular formula is C24H28FN3O2S.